The van der Waals surface area contributed by atoms with Crippen molar-refractivity contribution < 1.29 is 0 Å². The van der Waals surface area contributed by atoms with Gasteiger partial charge in [0.1, 0.15) is 0 Å². The number of rotatable bonds is 5. The van der Waals surface area contributed by atoms with Crippen molar-refractivity contribution >= 4 is 0 Å². The summed E-state index contributed by atoms with van der Waals surface area (Å²) in [5, 5.41) is 3.97. The van der Waals surface area contributed by atoms with E-state index in [2.05, 4.69) is 42.9 Å². The Morgan fingerprint density at radius 1 is 1.20 bits per heavy atom. The van der Waals surface area contributed by atoms with E-state index < -0.39 is 0 Å². The predicted molar refractivity (Wildman–Crippen MR) is 87.1 cm³/mol. The first-order chi connectivity index (χ1) is 9.60. The number of hydrogen-bond acceptors (Lipinski definition) is 3. The van der Waals surface area contributed by atoms with E-state index in [0.717, 1.165) is 17.9 Å². The van der Waals surface area contributed by atoms with Crippen LogP contribution < -0.4 is 5.32 Å². The summed E-state index contributed by atoms with van der Waals surface area (Å²) in [6, 6.07) is 1.40. The fourth-order valence-electron chi connectivity index (χ4n) is 4.09. The van der Waals surface area contributed by atoms with E-state index in [0.29, 0.717) is 6.04 Å². The van der Waals surface area contributed by atoms with E-state index in [4.69, 9.17) is 0 Å². The molecule has 0 radical (unpaired) electrons. The molecule has 2 aliphatic rings. The van der Waals surface area contributed by atoms with Crippen LogP contribution in [0.5, 0.6) is 0 Å². The summed E-state index contributed by atoms with van der Waals surface area (Å²) in [5.74, 6) is 1.63. The van der Waals surface area contributed by atoms with Crippen LogP contribution in [0.1, 0.15) is 46.5 Å². The summed E-state index contributed by atoms with van der Waals surface area (Å²) in [6.07, 6.45) is 5.41. The number of piperidine rings is 2. The molecular weight excluding hydrogens is 246 g/mol. The Labute approximate surface area is 126 Å². The third-order valence-corrected chi connectivity index (χ3v) is 5.37. The molecule has 0 aromatic heterocycles. The maximum absolute atomic E-state index is 3.97. The molecule has 0 bridgehead atoms. The summed E-state index contributed by atoms with van der Waals surface area (Å²) >= 11 is 0. The fourth-order valence-corrected chi connectivity index (χ4v) is 4.09. The first-order valence-electron chi connectivity index (χ1n) is 8.77. The predicted octanol–water partition coefficient (Wildman–Crippen LogP) is 2.43. The fraction of sp³-hybridized carbons (Fsp3) is 1.00. The molecule has 0 aromatic carbocycles. The lowest BCUT2D eigenvalue weighted by Gasteiger charge is -2.41. The van der Waals surface area contributed by atoms with E-state index in [1.807, 2.05) is 0 Å². The van der Waals surface area contributed by atoms with Gasteiger partial charge in [-0.25, -0.2) is 0 Å². The molecule has 0 aliphatic carbocycles. The zero-order chi connectivity index (χ0) is 14.5. The molecule has 118 valence electrons. The van der Waals surface area contributed by atoms with Crippen LogP contribution in [0.3, 0.4) is 0 Å². The van der Waals surface area contributed by atoms with Gasteiger partial charge in [-0.1, -0.05) is 13.8 Å². The van der Waals surface area contributed by atoms with Gasteiger partial charge in [-0.2, -0.15) is 0 Å². The molecule has 2 saturated heterocycles. The second-order valence-corrected chi connectivity index (χ2v) is 7.29. The number of nitrogens with zero attached hydrogens (tertiary/aromatic N) is 2. The van der Waals surface area contributed by atoms with Gasteiger partial charge in [0.15, 0.2) is 0 Å². The molecule has 2 heterocycles. The highest BCUT2D eigenvalue weighted by Gasteiger charge is 2.29. The zero-order valence-corrected chi connectivity index (χ0v) is 14.1. The van der Waals surface area contributed by atoms with Crippen molar-refractivity contribution in [3.05, 3.63) is 0 Å². The minimum absolute atomic E-state index is 0.672. The molecule has 3 heteroatoms. The third kappa shape index (κ3) is 4.44. The lowest BCUT2D eigenvalue weighted by atomic mass is 9.88. The minimum Gasteiger partial charge on any atom is -0.311 e. The first-order valence-corrected chi connectivity index (χ1v) is 8.77. The topological polar surface area (TPSA) is 18.5 Å². The van der Waals surface area contributed by atoms with Crippen LogP contribution in [0.4, 0.5) is 0 Å². The standard InChI is InChI=1S/C17H35N3/c1-5-9-20-10-6-7-16(13-20)15(3)18-17-8-11-19(4)12-14(17)2/h14-18H,5-13H2,1-4H3. The average Bonchev–Trinajstić information content (AvgIpc) is 2.42. The van der Waals surface area contributed by atoms with Crippen molar-refractivity contribution in [2.75, 3.05) is 39.8 Å². The van der Waals surface area contributed by atoms with Crippen molar-refractivity contribution in [2.45, 2.75) is 58.5 Å². The van der Waals surface area contributed by atoms with E-state index in [1.165, 1.54) is 58.4 Å². The number of nitrogens with one attached hydrogen (secondary N) is 1. The van der Waals surface area contributed by atoms with Gasteiger partial charge in [-0.15, -0.1) is 0 Å². The van der Waals surface area contributed by atoms with Crippen molar-refractivity contribution in [2.24, 2.45) is 11.8 Å². The van der Waals surface area contributed by atoms with Gasteiger partial charge in [0, 0.05) is 25.2 Å². The summed E-state index contributed by atoms with van der Waals surface area (Å²) < 4.78 is 0. The van der Waals surface area contributed by atoms with Crippen molar-refractivity contribution in [3.8, 4) is 0 Å². The molecule has 1 N–H and O–H groups in total. The second kappa shape index (κ2) is 7.77. The van der Waals surface area contributed by atoms with Crippen LogP contribution in [0, 0.1) is 11.8 Å². The van der Waals surface area contributed by atoms with Gasteiger partial charge in [-0.3, -0.25) is 0 Å². The first kappa shape index (κ1) is 16.3. The number of likely N-dealkylation sites (tertiary alicyclic amines) is 2. The largest absolute Gasteiger partial charge is 0.311 e. The quantitative estimate of drug-likeness (QED) is 0.835. The van der Waals surface area contributed by atoms with Gasteiger partial charge in [0.05, 0.1) is 0 Å². The molecule has 0 saturated carbocycles. The molecular formula is C17H35N3. The van der Waals surface area contributed by atoms with Gasteiger partial charge in [0.25, 0.3) is 0 Å². The smallest absolute Gasteiger partial charge is 0.0120 e. The Morgan fingerprint density at radius 2 is 2.00 bits per heavy atom. The SMILES string of the molecule is CCCN1CCCC(C(C)NC2CCN(C)CC2C)C1. The van der Waals surface area contributed by atoms with Crippen LogP contribution >= 0.6 is 0 Å². The monoisotopic (exact) mass is 281 g/mol. The summed E-state index contributed by atoms with van der Waals surface area (Å²) in [6.45, 7) is 13.5. The van der Waals surface area contributed by atoms with Crippen LogP contribution in [-0.2, 0) is 0 Å². The van der Waals surface area contributed by atoms with Crippen LogP contribution in [0.15, 0.2) is 0 Å². The molecule has 0 spiro atoms. The van der Waals surface area contributed by atoms with Crippen LogP contribution in [0.2, 0.25) is 0 Å². The van der Waals surface area contributed by atoms with Gasteiger partial charge < -0.3 is 15.1 Å². The molecule has 3 nitrogen and oxygen atoms in total. The van der Waals surface area contributed by atoms with Gasteiger partial charge >= 0.3 is 0 Å². The third-order valence-electron chi connectivity index (χ3n) is 5.37. The van der Waals surface area contributed by atoms with Crippen LogP contribution in [0.25, 0.3) is 0 Å². The Kier molecular flexibility index (Phi) is 6.31. The minimum atomic E-state index is 0.672. The molecule has 2 rings (SSSR count). The lowest BCUT2D eigenvalue weighted by molar-refractivity contribution is 0.122. The maximum atomic E-state index is 3.97. The van der Waals surface area contributed by atoms with Gasteiger partial charge in [0.2, 0.25) is 0 Å². The second-order valence-electron chi connectivity index (χ2n) is 7.29. The normalized spacial score (nSPS) is 35.1. The Morgan fingerprint density at radius 3 is 2.70 bits per heavy atom. The van der Waals surface area contributed by atoms with Crippen molar-refractivity contribution in [1.82, 2.24) is 15.1 Å². The molecule has 20 heavy (non-hydrogen) atoms. The van der Waals surface area contributed by atoms with E-state index in [-0.39, 0.29) is 0 Å². The van der Waals surface area contributed by atoms with Crippen molar-refractivity contribution in [1.29, 1.82) is 0 Å². The summed E-state index contributed by atoms with van der Waals surface area (Å²) in [4.78, 5) is 5.14. The Bertz CT molecular complexity index is 279. The highest BCUT2D eigenvalue weighted by Crippen LogP contribution is 2.22. The molecule has 4 unspecified atom stereocenters. The summed E-state index contributed by atoms with van der Waals surface area (Å²) in [5.41, 5.74) is 0. The van der Waals surface area contributed by atoms with Crippen molar-refractivity contribution in [3.63, 3.8) is 0 Å². The molecule has 0 amide bonds. The van der Waals surface area contributed by atoms with E-state index in [1.54, 1.807) is 0 Å². The van der Waals surface area contributed by atoms with E-state index in [9.17, 15) is 0 Å². The van der Waals surface area contributed by atoms with Crippen LogP contribution in [-0.4, -0.2) is 61.7 Å². The number of hydrogen-bond donors (Lipinski definition) is 1. The lowest BCUT2D eigenvalue weighted by Crippen LogP contribution is -2.53. The maximum Gasteiger partial charge on any atom is 0.0120 e. The summed E-state index contributed by atoms with van der Waals surface area (Å²) in [7, 11) is 2.25. The molecule has 4 atom stereocenters. The van der Waals surface area contributed by atoms with E-state index >= 15 is 0 Å². The zero-order valence-electron chi connectivity index (χ0n) is 14.1. The molecule has 2 aliphatic heterocycles. The highest BCUT2D eigenvalue weighted by molar-refractivity contribution is 4.87. The Balaban J connectivity index is 1.80. The van der Waals surface area contributed by atoms with Gasteiger partial charge in [-0.05, 0) is 71.1 Å². The molecule has 2 fully saturated rings. The average molecular weight is 281 g/mol. The molecule has 0 aromatic rings. The highest BCUT2D eigenvalue weighted by atomic mass is 15.1. The Hall–Kier alpha value is -0.120.